The van der Waals surface area contributed by atoms with E-state index < -0.39 is 0 Å². The molecule has 0 aliphatic carbocycles. The van der Waals surface area contributed by atoms with Crippen LogP contribution in [0.2, 0.25) is 0 Å². The van der Waals surface area contributed by atoms with E-state index in [0.717, 1.165) is 11.2 Å². The number of nitrogens with zero attached hydrogens (tertiary/aromatic N) is 5. The highest BCUT2D eigenvalue weighted by Gasteiger charge is 2.34. The van der Waals surface area contributed by atoms with Crippen LogP contribution in [0, 0.1) is 13.8 Å². The Bertz CT molecular complexity index is 900. The first-order chi connectivity index (χ1) is 11.6. The zero-order valence-electron chi connectivity index (χ0n) is 13.5. The Balaban J connectivity index is 1.67. The van der Waals surface area contributed by atoms with E-state index in [4.69, 9.17) is 9.15 Å². The van der Waals surface area contributed by atoms with E-state index in [2.05, 4.69) is 15.2 Å². The maximum Gasteiger partial charge on any atom is 0.274 e. The second-order valence-electron chi connectivity index (χ2n) is 5.84. The van der Waals surface area contributed by atoms with Crippen molar-refractivity contribution >= 4 is 11.6 Å². The molecule has 124 valence electrons. The summed E-state index contributed by atoms with van der Waals surface area (Å²) in [4.78, 5) is 19.1. The number of imidazole rings is 1. The van der Waals surface area contributed by atoms with Crippen LogP contribution < -0.4 is 0 Å². The predicted molar refractivity (Wildman–Crippen MR) is 83.6 cm³/mol. The first-order valence-corrected chi connectivity index (χ1v) is 7.76. The third-order valence-electron chi connectivity index (χ3n) is 4.05. The molecule has 0 spiro atoms. The number of ether oxygens (including phenoxy) is 1. The van der Waals surface area contributed by atoms with Crippen molar-refractivity contribution in [3.05, 3.63) is 47.6 Å². The molecule has 1 amide bonds. The van der Waals surface area contributed by atoms with E-state index >= 15 is 0 Å². The lowest BCUT2D eigenvalue weighted by Gasteiger charge is -2.32. The molecule has 1 atom stereocenters. The van der Waals surface area contributed by atoms with Gasteiger partial charge in [0.15, 0.2) is 0 Å². The number of hydrogen-bond acceptors (Lipinski definition) is 6. The van der Waals surface area contributed by atoms with Crippen molar-refractivity contribution in [3.63, 3.8) is 0 Å². The van der Waals surface area contributed by atoms with Crippen LogP contribution in [0.1, 0.15) is 33.9 Å². The van der Waals surface area contributed by atoms with Crippen LogP contribution >= 0.6 is 0 Å². The number of carbonyl (C=O) groups excluding carboxylic acids is 1. The maximum atomic E-state index is 12.9. The van der Waals surface area contributed by atoms with Gasteiger partial charge in [-0.05, 0) is 24.6 Å². The van der Waals surface area contributed by atoms with Gasteiger partial charge in [-0.25, -0.2) is 4.98 Å². The van der Waals surface area contributed by atoms with Crippen molar-refractivity contribution in [2.45, 2.75) is 19.9 Å². The SMILES string of the molecule is Cc1ccn2cc(C(=O)N3CCOCC3c3nnc(C)o3)nc2c1. The number of aryl methyl sites for hydroxylation is 2. The van der Waals surface area contributed by atoms with Crippen molar-refractivity contribution in [2.75, 3.05) is 19.8 Å². The molecule has 24 heavy (non-hydrogen) atoms. The number of fused-ring (bicyclic) bond motifs is 1. The van der Waals surface area contributed by atoms with Crippen molar-refractivity contribution in [2.24, 2.45) is 0 Å². The highest BCUT2D eigenvalue weighted by atomic mass is 16.5. The summed E-state index contributed by atoms with van der Waals surface area (Å²) in [7, 11) is 0. The lowest BCUT2D eigenvalue weighted by Crippen LogP contribution is -2.43. The van der Waals surface area contributed by atoms with Crippen LogP contribution in [0.15, 0.2) is 28.9 Å². The topological polar surface area (TPSA) is 85.8 Å². The van der Waals surface area contributed by atoms with Crippen molar-refractivity contribution < 1.29 is 13.9 Å². The molecule has 0 bridgehead atoms. The third-order valence-corrected chi connectivity index (χ3v) is 4.05. The van der Waals surface area contributed by atoms with Crippen molar-refractivity contribution in [3.8, 4) is 0 Å². The van der Waals surface area contributed by atoms with Crippen LogP contribution in [0.5, 0.6) is 0 Å². The average Bonchev–Trinajstić information content (AvgIpc) is 3.20. The van der Waals surface area contributed by atoms with Gasteiger partial charge < -0.3 is 18.5 Å². The number of pyridine rings is 1. The molecule has 8 nitrogen and oxygen atoms in total. The van der Waals surface area contributed by atoms with Gasteiger partial charge in [-0.2, -0.15) is 0 Å². The van der Waals surface area contributed by atoms with Gasteiger partial charge in [-0.3, -0.25) is 4.79 Å². The molecule has 4 heterocycles. The Kier molecular flexibility index (Phi) is 3.53. The van der Waals surface area contributed by atoms with E-state index in [-0.39, 0.29) is 11.9 Å². The molecule has 8 heteroatoms. The van der Waals surface area contributed by atoms with Gasteiger partial charge in [-0.15, -0.1) is 10.2 Å². The predicted octanol–water partition coefficient (Wildman–Crippen LogP) is 1.55. The monoisotopic (exact) mass is 327 g/mol. The van der Waals surface area contributed by atoms with Crippen LogP contribution in [0.3, 0.4) is 0 Å². The van der Waals surface area contributed by atoms with Gasteiger partial charge in [0, 0.05) is 25.9 Å². The second-order valence-corrected chi connectivity index (χ2v) is 5.84. The van der Waals surface area contributed by atoms with E-state index in [1.165, 1.54) is 0 Å². The summed E-state index contributed by atoms with van der Waals surface area (Å²) in [6.07, 6.45) is 3.63. The number of rotatable bonds is 2. The first-order valence-electron chi connectivity index (χ1n) is 7.76. The molecule has 4 rings (SSSR count). The number of carbonyl (C=O) groups is 1. The van der Waals surface area contributed by atoms with Crippen LogP contribution in [0.4, 0.5) is 0 Å². The summed E-state index contributed by atoms with van der Waals surface area (Å²) in [6, 6.07) is 3.52. The molecule has 0 N–H and O–H groups in total. The lowest BCUT2D eigenvalue weighted by atomic mass is 10.2. The minimum atomic E-state index is -0.390. The molecule has 3 aromatic rings. The highest BCUT2D eigenvalue weighted by Crippen LogP contribution is 2.25. The van der Waals surface area contributed by atoms with Crippen molar-refractivity contribution in [1.29, 1.82) is 0 Å². The van der Waals surface area contributed by atoms with Crippen LogP contribution in [-0.4, -0.2) is 50.1 Å². The Hall–Kier alpha value is -2.74. The summed E-state index contributed by atoms with van der Waals surface area (Å²) in [5, 5.41) is 7.88. The summed E-state index contributed by atoms with van der Waals surface area (Å²) in [5.74, 6) is 0.687. The number of aromatic nitrogens is 4. The summed E-state index contributed by atoms with van der Waals surface area (Å²) < 4.78 is 12.8. The van der Waals surface area contributed by atoms with Crippen LogP contribution in [-0.2, 0) is 4.74 Å². The highest BCUT2D eigenvalue weighted by molar-refractivity contribution is 5.93. The fraction of sp³-hybridized carbons (Fsp3) is 0.375. The zero-order valence-corrected chi connectivity index (χ0v) is 13.5. The molecule has 1 saturated heterocycles. The van der Waals surface area contributed by atoms with E-state index in [1.807, 2.05) is 29.7 Å². The minimum Gasteiger partial charge on any atom is -0.423 e. The molecule has 3 aromatic heterocycles. The Morgan fingerprint density at radius 3 is 3.00 bits per heavy atom. The van der Waals surface area contributed by atoms with Gasteiger partial charge in [0.1, 0.15) is 17.4 Å². The van der Waals surface area contributed by atoms with Gasteiger partial charge in [0.05, 0.1) is 13.2 Å². The first kappa shape index (κ1) is 14.8. The average molecular weight is 327 g/mol. The molecular weight excluding hydrogens is 310 g/mol. The zero-order chi connectivity index (χ0) is 16.7. The second kappa shape index (κ2) is 5.72. The number of amides is 1. The smallest absolute Gasteiger partial charge is 0.274 e. The minimum absolute atomic E-state index is 0.166. The molecule has 1 fully saturated rings. The summed E-state index contributed by atoms with van der Waals surface area (Å²) >= 11 is 0. The maximum absolute atomic E-state index is 12.9. The summed E-state index contributed by atoms with van der Waals surface area (Å²) in [6.45, 7) is 4.97. The fourth-order valence-electron chi connectivity index (χ4n) is 2.83. The fourth-order valence-corrected chi connectivity index (χ4v) is 2.83. The molecule has 1 aliphatic heterocycles. The Morgan fingerprint density at radius 2 is 2.21 bits per heavy atom. The lowest BCUT2D eigenvalue weighted by molar-refractivity contribution is -0.0109. The van der Waals surface area contributed by atoms with Crippen LogP contribution in [0.25, 0.3) is 5.65 Å². The van der Waals surface area contributed by atoms with Crippen molar-refractivity contribution in [1.82, 2.24) is 24.5 Å². The van der Waals surface area contributed by atoms with Gasteiger partial charge in [-0.1, -0.05) is 0 Å². The Labute approximate surface area is 138 Å². The quantitative estimate of drug-likeness (QED) is 0.710. The van der Waals surface area contributed by atoms with Gasteiger partial charge in [0.2, 0.25) is 11.8 Å². The van der Waals surface area contributed by atoms with Gasteiger partial charge in [0.25, 0.3) is 5.91 Å². The molecule has 0 aromatic carbocycles. The number of morpholine rings is 1. The number of hydrogen-bond donors (Lipinski definition) is 0. The molecule has 1 aliphatic rings. The molecule has 0 saturated carbocycles. The van der Waals surface area contributed by atoms with E-state index in [9.17, 15) is 4.79 Å². The van der Waals surface area contributed by atoms with Gasteiger partial charge >= 0.3 is 0 Å². The largest absolute Gasteiger partial charge is 0.423 e. The van der Waals surface area contributed by atoms with E-state index in [0.29, 0.717) is 37.2 Å². The summed E-state index contributed by atoms with van der Waals surface area (Å²) in [5.41, 5.74) is 2.23. The normalized spacial score (nSPS) is 18.2. The molecule has 0 radical (unpaired) electrons. The Morgan fingerprint density at radius 1 is 1.33 bits per heavy atom. The molecular formula is C16H17N5O3. The standard InChI is InChI=1S/C16H17N5O3/c1-10-3-4-20-8-12(17-14(20)7-10)16(22)21-5-6-23-9-13(21)15-19-18-11(2)24-15/h3-4,7-8,13H,5-6,9H2,1-2H3. The third kappa shape index (κ3) is 2.54. The molecule has 1 unspecified atom stereocenters. The van der Waals surface area contributed by atoms with E-state index in [1.54, 1.807) is 18.0 Å².